The predicted octanol–water partition coefficient (Wildman–Crippen LogP) is 2.87. The van der Waals surface area contributed by atoms with Gasteiger partial charge in [0.1, 0.15) is 5.82 Å². The van der Waals surface area contributed by atoms with Gasteiger partial charge in [-0.1, -0.05) is 32.4 Å². The Morgan fingerprint density at radius 2 is 1.81 bits per heavy atom. The average molecular weight is 242 g/mol. The van der Waals surface area contributed by atoms with Gasteiger partial charge in [0.25, 0.3) is 0 Å². The number of rotatable bonds is 5. The third kappa shape index (κ3) is 3.42. The first-order valence-electron chi connectivity index (χ1n) is 5.77. The Balaban J connectivity index is 2.89. The molecule has 0 spiro atoms. The van der Waals surface area contributed by atoms with Crippen LogP contribution in [-0.2, 0) is 0 Å². The van der Waals surface area contributed by atoms with Crippen LogP contribution in [0.15, 0.2) is 12.4 Å². The van der Waals surface area contributed by atoms with Crippen molar-refractivity contribution in [2.45, 2.75) is 39.7 Å². The van der Waals surface area contributed by atoms with Crippen LogP contribution >= 0.6 is 11.6 Å². The summed E-state index contributed by atoms with van der Waals surface area (Å²) in [7, 11) is 0. The lowest BCUT2D eigenvalue weighted by molar-refractivity contribution is 0.368. The second kappa shape index (κ2) is 6.16. The van der Waals surface area contributed by atoms with Crippen LogP contribution in [0.1, 0.15) is 39.4 Å². The maximum Gasteiger partial charge on any atom is 0.133 e. The molecule has 90 valence electrons. The molecule has 0 aromatic carbocycles. The molecule has 1 aromatic heterocycles. The summed E-state index contributed by atoms with van der Waals surface area (Å²) in [5.74, 6) is 1.68. The minimum atomic E-state index is 0.317. The van der Waals surface area contributed by atoms with Gasteiger partial charge in [-0.2, -0.15) is 0 Å². The number of nitrogens with one attached hydrogen (secondary N) is 1. The van der Waals surface area contributed by atoms with Gasteiger partial charge in [-0.05, 0) is 19.4 Å². The molecule has 4 heteroatoms. The van der Waals surface area contributed by atoms with Crippen molar-refractivity contribution < 1.29 is 0 Å². The monoisotopic (exact) mass is 241 g/mol. The molecule has 1 N–H and O–H groups in total. The van der Waals surface area contributed by atoms with E-state index < -0.39 is 0 Å². The average Bonchev–Trinajstić information content (AvgIpc) is 2.21. The SMILES string of the molecule is CCNC(C)C(c1ncc(Cl)cn1)C(C)C. The van der Waals surface area contributed by atoms with E-state index in [0.29, 0.717) is 22.9 Å². The third-order valence-corrected chi connectivity index (χ3v) is 2.92. The number of aromatic nitrogens is 2. The van der Waals surface area contributed by atoms with Crippen LogP contribution in [0.25, 0.3) is 0 Å². The first-order chi connectivity index (χ1) is 7.56. The summed E-state index contributed by atoms with van der Waals surface area (Å²) < 4.78 is 0. The van der Waals surface area contributed by atoms with Crippen molar-refractivity contribution in [3.8, 4) is 0 Å². The van der Waals surface area contributed by atoms with E-state index in [9.17, 15) is 0 Å². The van der Waals surface area contributed by atoms with Crippen molar-refractivity contribution in [3.63, 3.8) is 0 Å². The van der Waals surface area contributed by atoms with Gasteiger partial charge in [0.2, 0.25) is 0 Å². The van der Waals surface area contributed by atoms with Crippen molar-refractivity contribution in [2.24, 2.45) is 5.92 Å². The Bertz CT molecular complexity index is 311. The summed E-state index contributed by atoms with van der Waals surface area (Å²) >= 11 is 5.80. The van der Waals surface area contributed by atoms with E-state index in [1.807, 2.05) is 0 Å². The van der Waals surface area contributed by atoms with Gasteiger partial charge >= 0.3 is 0 Å². The summed E-state index contributed by atoms with van der Waals surface area (Å²) in [4.78, 5) is 8.64. The van der Waals surface area contributed by atoms with Crippen LogP contribution in [0, 0.1) is 5.92 Å². The molecule has 0 bridgehead atoms. The molecule has 0 amide bonds. The fourth-order valence-corrected chi connectivity index (χ4v) is 2.14. The number of halogens is 1. The number of likely N-dealkylation sites (N-methyl/N-ethyl adjacent to an activating group) is 1. The highest BCUT2D eigenvalue weighted by Gasteiger charge is 2.24. The van der Waals surface area contributed by atoms with Gasteiger partial charge in [-0.3, -0.25) is 0 Å². The zero-order chi connectivity index (χ0) is 12.1. The van der Waals surface area contributed by atoms with E-state index in [-0.39, 0.29) is 0 Å². The minimum absolute atomic E-state index is 0.317. The van der Waals surface area contributed by atoms with Crippen molar-refractivity contribution in [3.05, 3.63) is 23.2 Å². The van der Waals surface area contributed by atoms with Crippen LogP contribution < -0.4 is 5.32 Å². The van der Waals surface area contributed by atoms with E-state index in [4.69, 9.17) is 11.6 Å². The lowest BCUT2D eigenvalue weighted by Crippen LogP contribution is -2.35. The molecule has 2 unspecified atom stereocenters. The van der Waals surface area contributed by atoms with Crippen LogP contribution in [0.2, 0.25) is 5.02 Å². The molecule has 0 saturated heterocycles. The highest BCUT2D eigenvalue weighted by atomic mass is 35.5. The smallest absolute Gasteiger partial charge is 0.133 e. The highest BCUT2D eigenvalue weighted by molar-refractivity contribution is 6.30. The van der Waals surface area contributed by atoms with E-state index in [1.165, 1.54) is 0 Å². The van der Waals surface area contributed by atoms with Gasteiger partial charge in [0, 0.05) is 24.4 Å². The first kappa shape index (κ1) is 13.4. The molecule has 0 aliphatic carbocycles. The molecule has 0 aliphatic heterocycles. The first-order valence-corrected chi connectivity index (χ1v) is 6.14. The van der Waals surface area contributed by atoms with Crippen LogP contribution in [0.4, 0.5) is 0 Å². The molecule has 0 aliphatic rings. The van der Waals surface area contributed by atoms with E-state index in [0.717, 1.165) is 12.4 Å². The largest absolute Gasteiger partial charge is 0.314 e. The zero-order valence-electron chi connectivity index (χ0n) is 10.4. The Morgan fingerprint density at radius 3 is 2.25 bits per heavy atom. The summed E-state index contributed by atoms with van der Waals surface area (Å²) in [6, 6.07) is 0.367. The van der Waals surface area contributed by atoms with Gasteiger partial charge < -0.3 is 5.32 Å². The van der Waals surface area contributed by atoms with Crippen LogP contribution in [-0.4, -0.2) is 22.6 Å². The number of hydrogen-bond donors (Lipinski definition) is 1. The molecule has 0 saturated carbocycles. The van der Waals surface area contributed by atoms with Crippen LogP contribution in [0.5, 0.6) is 0 Å². The Labute approximate surface area is 103 Å². The molecule has 1 heterocycles. The van der Waals surface area contributed by atoms with Crippen molar-refractivity contribution in [2.75, 3.05) is 6.54 Å². The minimum Gasteiger partial charge on any atom is -0.314 e. The topological polar surface area (TPSA) is 37.8 Å². The summed E-state index contributed by atoms with van der Waals surface area (Å²) in [5.41, 5.74) is 0. The van der Waals surface area contributed by atoms with Crippen molar-refractivity contribution >= 4 is 11.6 Å². The normalized spacial score (nSPS) is 15.1. The second-order valence-electron chi connectivity index (χ2n) is 4.38. The number of nitrogens with zero attached hydrogens (tertiary/aromatic N) is 2. The summed E-state index contributed by atoms with van der Waals surface area (Å²) in [6.07, 6.45) is 3.33. The van der Waals surface area contributed by atoms with Crippen molar-refractivity contribution in [1.82, 2.24) is 15.3 Å². The lowest BCUT2D eigenvalue weighted by Gasteiger charge is -2.26. The molecule has 0 fully saturated rings. The Kier molecular flexibility index (Phi) is 5.16. The zero-order valence-corrected chi connectivity index (χ0v) is 11.1. The van der Waals surface area contributed by atoms with Gasteiger partial charge in [-0.25, -0.2) is 9.97 Å². The summed E-state index contributed by atoms with van der Waals surface area (Å²) in [5, 5.41) is 4.01. The quantitative estimate of drug-likeness (QED) is 0.862. The maximum atomic E-state index is 5.80. The second-order valence-corrected chi connectivity index (χ2v) is 4.81. The van der Waals surface area contributed by atoms with E-state index in [2.05, 4.69) is 43.0 Å². The van der Waals surface area contributed by atoms with Crippen LogP contribution in [0.3, 0.4) is 0 Å². The Hall–Kier alpha value is -0.670. The Morgan fingerprint density at radius 1 is 1.25 bits per heavy atom. The molecule has 1 aromatic rings. The fourth-order valence-electron chi connectivity index (χ4n) is 2.04. The molecule has 3 nitrogen and oxygen atoms in total. The van der Waals surface area contributed by atoms with Gasteiger partial charge in [0.15, 0.2) is 0 Å². The third-order valence-electron chi connectivity index (χ3n) is 2.72. The molecular formula is C12H20ClN3. The fraction of sp³-hybridized carbons (Fsp3) is 0.667. The number of hydrogen-bond acceptors (Lipinski definition) is 3. The van der Waals surface area contributed by atoms with E-state index in [1.54, 1.807) is 12.4 Å². The lowest BCUT2D eigenvalue weighted by atomic mass is 9.88. The highest BCUT2D eigenvalue weighted by Crippen LogP contribution is 2.25. The van der Waals surface area contributed by atoms with Gasteiger partial charge in [-0.15, -0.1) is 0 Å². The summed E-state index contributed by atoms with van der Waals surface area (Å²) in [6.45, 7) is 9.62. The van der Waals surface area contributed by atoms with Gasteiger partial charge in [0.05, 0.1) is 5.02 Å². The molecular weight excluding hydrogens is 222 g/mol. The molecule has 1 rings (SSSR count). The maximum absolute atomic E-state index is 5.80. The predicted molar refractivity (Wildman–Crippen MR) is 67.8 cm³/mol. The molecule has 16 heavy (non-hydrogen) atoms. The standard InChI is InChI=1S/C12H20ClN3/c1-5-14-9(4)11(8(2)3)12-15-6-10(13)7-16-12/h6-9,11,14H,5H2,1-4H3. The molecule has 0 radical (unpaired) electrons. The van der Waals surface area contributed by atoms with Crippen molar-refractivity contribution in [1.29, 1.82) is 0 Å². The van der Waals surface area contributed by atoms with E-state index >= 15 is 0 Å². The molecule has 2 atom stereocenters.